The maximum atomic E-state index is 12.2. The first-order valence-corrected chi connectivity index (χ1v) is 7.21. The van der Waals surface area contributed by atoms with E-state index in [0.717, 1.165) is 24.9 Å². The largest absolute Gasteiger partial charge is 0.352 e. The minimum Gasteiger partial charge on any atom is -0.352 e. The highest BCUT2D eigenvalue weighted by molar-refractivity contribution is 5.80. The molecule has 6 heteroatoms. The fraction of sp³-hybridized carbons (Fsp3) is 0.533. The zero-order valence-corrected chi connectivity index (χ0v) is 12.6. The molecule has 1 aliphatic rings. The molecule has 0 radical (unpaired) electrons. The lowest BCUT2D eigenvalue weighted by atomic mass is 9.97. The van der Waals surface area contributed by atoms with Gasteiger partial charge in [-0.2, -0.15) is 0 Å². The molecule has 2 heterocycles. The van der Waals surface area contributed by atoms with Gasteiger partial charge >= 0.3 is 6.03 Å². The van der Waals surface area contributed by atoms with Crippen LogP contribution in [-0.2, 0) is 11.3 Å². The Morgan fingerprint density at radius 3 is 2.95 bits per heavy atom. The lowest BCUT2D eigenvalue weighted by Gasteiger charge is -2.33. The van der Waals surface area contributed by atoms with E-state index >= 15 is 0 Å². The van der Waals surface area contributed by atoms with Crippen molar-refractivity contribution < 1.29 is 9.59 Å². The lowest BCUT2D eigenvalue weighted by molar-refractivity contribution is -0.126. The van der Waals surface area contributed by atoms with E-state index in [1.165, 1.54) is 0 Å². The number of carbonyl (C=O) groups excluding carboxylic acids is 2. The first-order valence-electron chi connectivity index (χ1n) is 7.21. The molecule has 0 bridgehead atoms. The topological polar surface area (TPSA) is 65.5 Å². The molecule has 1 aliphatic heterocycles. The van der Waals surface area contributed by atoms with Gasteiger partial charge in [-0.1, -0.05) is 6.07 Å². The van der Waals surface area contributed by atoms with Crippen LogP contribution in [-0.4, -0.2) is 53.9 Å². The molecular weight excluding hydrogens is 268 g/mol. The summed E-state index contributed by atoms with van der Waals surface area (Å²) in [5.41, 5.74) is 0.975. The number of pyridine rings is 1. The van der Waals surface area contributed by atoms with Crippen LogP contribution in [0.5, 0.6) is 0 Å². The van der Waals surface area contributed by atoms with Crippen LogP contribution in [0.1, 0.15) is 18.4 Å². The second kappa shape index (κ2) is 7.06. The smallest absolute Gasteiger partial charge is 0.319 e. The number of rotatable bonds is 3. The Labute approximate surface area is 125 Å². The summed E-state index contributed by atoms with van der Waals surface area (Å²) in [6, 6.07) is 3.75. The van der Waals surface area contributed by atoms with E-state index < -0.39 is 0 Å². The molecule has 1 saturated heterocycles. The van der Waals surface area contributed by atoms with Crippen LogP contribution in [0.2, 0.25) is 0 Å². The highest BCUT2D eigenvalue weighted by Crippen LogP contribution is 2.17. The molecule has 3 amide bonds. The van der Waals surface area contributed by atoms with E-state index in [2.05, 4.69) is 10.3 Å². The minimum absolute atomic E-state index is 0.00936. The molecule has 114 valence electrons. The molecule has 1 N–H and O–H groups in total. The average molecular weight is 290 g/mol. The maximum Gasteiger partial charge on any atom is 0.319 e. The van der Waals surface area contributed by atoms with Crippen LogP contribution in [0.3, 0.4) is 0 Å². The number of amides is 3. The summed E-state index contributed by atoms with van der Waals surface area (Å²) < 4.78 is 0. The second-order valence-electron chi connectivity index (χ2n) is 5.54. The van der Waals surface area contributed by atoms with Gasteiger partial charge in [-0.25, -0.2) is 4.79 Å². The molecule has 21 heavy (non-hydrogen) atoms. The van der Waals surface area contributed by atoms with E-state index in [0.29, 0.717) is 13.1 Å². The Morgan fingerprint density at radius 1 is 1.48 bits per heavy atom. The summed E-state index contributed by atoms with van der Waals surface area (Å²) >= 11 is 0. The van der Waals surface area contributed by atoms with E-state index in [4.69, 9.17) is 0 Å². The van der Waals surface area contributed by atoms with Crippen LogP contribution in [0.25, 0.3) is 0 Å². The number of nitrogens with one attached hydrogen (secondary N) is 1. The molecule has 1 aromatic rings. The van der Waals surface area contributed by atoms with Crippen LogP contribution in [0, 0.1) is 5.92 Å². The number of likely N-dealkylation sites (tertiary alicyclic amines) is 1. The van der Waals surface area contributed by atoms with Gasteiger partial charge in [-0.05, 0) is 24.5 Å². The fourth-order valence-electron chi connectivity index (χ4n) is 2.48. The summed E-state index contributed by atoms with van der Waals surface area (Å²) in [7, 11) is 3.46. The third kappa shape index (κ3) is 4.18. The van der Waals surface area contributed by atoms with E-state index in [9.17, 15) is 9.59 Å². The summed E-state index contributed by atoms with van der Waals surface area (Å²) in [5.74, 6) is -0.116. The van der Waals surface area contributed by atoms with Crippen LogP contribution < -0.4 is 5.32 Å². The van der Waals surface area contributed by atoms with Gasteiger partial charge in [-0.3, -0.25) is 9.78 Å². The molecule has 1 aromatic heterocycles. The van der Waals surface area contributed by atoms with Gasteiger partial charge in [0.1, 0.15) is 0 Å². The highest BCUT2D eigenvalue weighted by Gasteiger charge is 2.28. The van der Waals surface area contributed by atoms with Crippen molar-refractivity contribution in [2.45, 2.75) is 19.4 Å². The van der Waals surface area contributed by atoms with E-state index in [1.54, 1.807) is 36.3 Å². The zero-order chi connectivity index (χ0) is 15.2. The molecule has 1 atom stereocenters. The monoisotopic (exact) mass is 290 g/mol. The standard InChI is InChI=1S/C15H22N4O2/c1-18(2)15(21)19-8-4-6-13(11-19)14(20)17-10-12-5-3-7-16-9-12/h3,5,7,9,13H,4,6,8,10-11H2,1-2H3,(H,17,20)/t13-/m0/s1. The molecule has 2 rings (SSSR count). The number of aromatic nitrogens is 1. The Morgan fingerprint density at radius 2 is 2.29 bits per heavy atom. The quantitative estimate of drug-likeness (QED) is 0.906. The highest BCUT2D eigenvalue weighted by atomic mass is 16.2. The molecule has 0 unspecified atom stereocenters. The number of hydrogen-bond donors (Lipinski definition) is 1. The number of urea groups is 1. The first kappa shape index (κ1) is 15.3. The minimum atomic E-state index is -0.126. The third-order valence-corrected chi connectivity index (χ3v) is 3.63. The van der Waals surface area contributed by atoms with Gasteiger partial charge in [0.25, 0.3) is 0 Å². The molecule has 0 spiro atoms. The normalized spacial score (nSPS) is 18.2. The van der Waals surface area contributed by atoms with Crippen LogP contribution in [0.15, 0.2) is 24.5 Å². The van der Waals surface area contributed by atoms with Crippen molar-refractivity contribution in [2.75, 3.05) is 27.2 Å². The Kier molecular flexibility index (Phi) is 5.14. The van der Waals surface area contributed by atoms with Crippen molar-refractivity contribution in [1.82, 2.24) is 20.1 Å². The van der Waals surface area contributed by atoms with Crippen molar-refractivity contribution in [3.63, 3.8) is 0 Å². The van der Waals surface area contributed by atoms with Crippen molar-refractivity contribution in [3.05, 3.63) is 30.1 Å². The summed E-state index contributed by atoms with van der Waals surface area (Å²) in [6.07, 6.45) is 5.14. The van der Waals surface area contributed by atoms with Crippen molar-refractivity contribution in [1.29, 1.82) is 0 Å². The van der Waals surface area contributed by atoms with Gasteiger partial charge < -0.3 is 15.1 Å². The SMILES string of the molecule is CN(C)C(=O)N1CCC[C@H](C(=O)NCc2cccnc2)C1. The number of nitrogens with zero attached hydrogens (tertiary/aromatic N) is 3. The Bertz CT molecular complexity index is 490. The molecular formula is C15H22N4O2. The fourth-order valence-corrected chi connectivity index (χ4v) is 2.48. The van der Waals surface area contributed by atoms with Crippen molar-refractivity contribution in [2.24, 2.45) is 5.92 Å². The van der Waals surface area contributed by atoms with Crippen molar-refractivity contribution in [3.8, 4) is 0 Å². The summed E-state index contributed by atoms with van der Waals surface area (Å²) in [6.45, 7) is 1.70. The molecule has 0 aliphatic carbocycles. The summed E-state index contributed by atoms with van der Waals surface area (Å²) in [4.78, 5) is 31.5. The van der Waals surface area contributed by atoms with Gasteiger partial charge in [0.15, 0.2) is 0 Å². The van der Waals surface area contributed by atoms with Gasteiger partial charge in [0.2, 0.25) is 5.91 Å². The predicted molar refractivity (Wildman–Crippen MR) is 79.5 cm³/mol. The van der Waals surface area contributed by atoms with Crippen molar-refractivity contribution >= 4 is 11.9 Å². The van der Waals surface area contributed by atoms with Gasteiger partial charge in [-0.15, -0.1) is 0 Å². The third-order valence-electron chi connectivity index (χ3n) is 3.63. The number of piperidine rings is 1. The number of carbonyl (C=O) groups is 2. The predicted octanol–water partition coefficient (Wildman–Crippen LogP) is 1.09. The van der Waals surface area contributed by atoms with E-state index in [-0.39, 0.29) is 17.9 Å². The van der Waals surface area contributed by atoms with Crippen LogP contribution >= 0.6 is 0 Å². The summed E-state index contributed by atoms with van der Waals surface area (Å²) in [5, 5.41) is 2.93. The Balaban J connectivity index is 1.86. The molecule has 0 saturated carbocycles. The zero-order valence-electron chi connectivity index (χ0n) is 12.6. The van der Waals surface area contributed by atoms with Gasteiger partial charge in [0, 0.05) is 46.1 Å². The van der Waals surface area contributed by atoms with E-state index in [1.807, 2.05) is 12.1 Å². The maximum absolute atomic E-state index is 12.2. The molecule has 6 nitrogen and oxygen atoms in total. The Hall–Kier alpha value is -2.11. The second-order valence-corrected chi connectivity index (χ2v) is 5.54. The molecule has 0 aromatic carbocycles. The first-order chi connectivity index (χ1) is 10.1. The number of hydrogen-bond acceptors (Lipinski definition) is 3. The lowest BCUT2D eigenvalue weighted by Crippen LogP contribution is -2.48. The average Bonchev–Trinajstić information content (AvgIpc) is 2.53. The van der Waals surface area contributed by atoms with Crippen LogP contribution in [0.4, 0.5) is 4.79 Å². The molecule has 1 fully saturated rings. The van der Waals surface area contributed by atoms with Gasteiger partial charge in [0.05, 0.1) is 5.92 Å².